The van der Waals surface area contributed by atoms with Gasteiger partial charge in [0.25, 0.3) is 0 Å². The van der Waals surface area contributed by atoms with Crippen LogP contribution < -0.4 is 10.6 Å². The lowest BCUT2D eigenvalue weighted by molar-refractivity contribution is -0.118. The van der Waals surface area contributed by atoms with Crippen molar-refractivity contribution in [2.24, 2.45) is 0 Å². The number of benzene rings is 1. The van der Waals surface area contributed by atoms with Crippen molar-refractivity contribution >= 4 is 17.3 Å². The first-order valence-corrected chi connectivity index (χ1v) is 4.97. The maximum absolute atomic E-state index is 11.6. The predicted molar refractivity (Wildman–Crippen MR) is 55.2 cm³/mol. The molecule has 14 heavy (non-hydrogen) atoms. The molecule has 1 aromatic carbocycles. The molecule has 1 amide bonds. The fourth-order valence-electron chi connectivity index (χ4n) is 2.48. The number of amides is 1. The molecule has 3 heteroatoms. The van der Waals surface area contributed by atoms with Gasteiger partial charge in [0.1, 0.15) is 0 Å². The van der Waals surface area contributed by atoms with Crippen LogP contribution in [0.4, 0.5) is 11.4 Å². The average Bonchev–Trinajstić information content (AvgIpc) is 2.56. The molecule has 2 N–H and O–H groups in total. The number of carbonyl (C=O) groups is 1. The van der Waals surface area contributed by atoms with E-state index < -0.39 is 0 Å². The molecule has 2 aliphatic rings. The molecule has 0 saturated carbocycles. The van der Waals surface area contributed by atoms with Crippen LogP contribution in [0, 0.1) is 0 Å². The molecule has 0 atom stereocenters. The molecule has 0 fully saturated rings. The zero-order chi connectivity index (χ0) is 9.71. The lowest BCUT2D eigenvalue weighted by atomic mass is 9.99. The van der Waals surface area contributed by atoms with Gasteiger partial charge < -0.3 is 10.6 Å². The number of nitrogens with two attached hydrogens (primary N) is 1. The van der Waals surface area contributed by atoms with E-state index in [1.54, 1.807) is 0 Å². The highest BCUT2D eigenvalue weighted by Crippen LogP contribution is 2.37. The van der Waals surface area contributed by atoms with Gasteiger partial charge >= 0.3 is 0 Å². The van der Waals surface area contributed by atoms with Crippen LogP contribution in [0.2, 0.25) is 0 Å². The maximum Gasteiger partial charge on any atom is 0.227 e. The van der Waals surface area contributed by atoms with Gasteiger partial charge in [0.15, 0.2) is 0 Å². The van der Waals surface area contributed by atoms with Crippen molar-refractivity contribution in [1.82, 2.24) is 0 Å². The Kier molecular flexibility index (Phi) is 1.40. The van der Waals surface area contributed by atoms with Crippen molar-refractivity contribution < 1.29 is 4.79 Å². The summed E-state index contributed by atoms with van der Waals surface area (Å²) in [5.41, 5.74) is 10.3. The number of carbonyl (C=O) groups excluding carboxylic acids is 1. The molecule has 0 saturated heterocycles. The first kappa shape index (κ1) is 7.85. The van der Waals surface area contributed by atoms with E-state index in [1.807, 2.05) is 17.0 Å². The van der Waals surface area contributed by atoms with Gasteiger partial charge in [0.05, 0.1) is 5.69 Å². The molecule has 72 valence electrons. The predicted octanol–water partition coefficient (Wildman–Crippen LogP) is 1.10. The number of hydrogen-bond acceptors (Lipinski definition) is 2. The Hall–Kier alpha value is -1.51. The normalized spacial score (nSPS) is 18.6. The molecule has 3 rings (SSSR count). The number of nitrogen functional groups attached to an aromatic ring is 1. The van der Waals surface area contributed by atoms with Gasteiger partial charge in [-0.15, -0.1) is 0 Å². The minimum absolute atomic E-state index is 0.265. The summed E-state index contributed by atoms with van der Waals surface area (Å²) in [7, 11) is 0. The molecule has 2 heterocycles. The summed E-state index contributed by atoms with van der Waals surface area (Å²) in [5.74, 6) is 0.265. The number of nitrogens with zero attached hydrogens (tertiary/aromatic N) is 1. The summed E-state index contributed by atoms with van der Waals surface area (Å²) in [6.07, 6.45) is 2.44. The lowest BCUT2D eigenvalue weighted by Crippen LogP contribution is -2.32. The summed E-state index contributed by atoms with van der Waals surface area (Å²) in [5, 5.41) is 0. The minimum atomic E-state index is 0.265. The standard InChI is InChI=1S/C11H12N2O/c12-9-5-7-1-2-10(14)13-4-3-8(6-9)11(7)13/h5-6H,1-4,12H2. The van der Waals surface area contributed by atoms with Crippen molar-refractivity contribution in [3.63, 3.8) is 0 Å². The summed E-state index contributed by atoms with van der Waals surface area (Å²) in [6, 6.07) is 4.00. The number of hydrogen-bond donors (Lipinski definition) is 1. The highest BCUT2D eigenvalue weighted by atomic mass is 16.2. The first-order chi connectivity index (χ1) is 6.75. The Morgan fingerprint density at radius 3 is 2.64 bits per heavy atom. The van der Waals surface area contributed by atoms with Crippen LogP contribution in [0.5, 0.6) is 0 Å². The zero-order valence-corrected chi connectivity index (χ0v) is 7.92. The van der Waals surface area contributed by atoms with Gasteiger partial charge in [-0.2, -0.15) is 0 Å². The highest BCUT2D eigenvalue weighted by molar-refractivity contribution is 5.99. The maximum atomic E-state index is 11.6. The van der Waals surface area contributed by atoms with Crippen LogP contribution >= 0.6 is 0 Å². The van der Waals surface area contributed by atoms with E-state index in [4.69, 9.17) is 5.73 Å². The van der Waals surface area contributed by atoms with Crippen LogP contribution in [-0.4, -0.2) is 12.5 Å². The van der Waals surface area contributed by atoms with Crippen molar-refractivity contribution in [2.75, 3.05) is 17.2 Å². The Labute approximate surface area is 82.5 Å². The van der Waals surface area contributed by atoms with Crippen LogP contribution in [0.25, 0.3) is 0 Å². The molecule has 0 spiro atoms. The molecular weight excluding hydrogens is 176 g/mol. The van der Waals surface area contributed by atoms with E-state index in [2.05, 4.69) is 0 Å². The molecule has 0 aromatic heterocycles. The second-order valence-corrected chi connectivity index (χ2v) is 3.98. The van der Waals surface area contributed by atoms with Crippen molar-refractivity contribution in [3.8, 4) is 0 Å². The van der Waals surface area contributed by atoms with Crippen molar-refractivity contribution in [2.45, 2.75) is 19.3 Å². The molecule has 0 bridgehead atoms. The summed E-state index contributed by atoms with van der Waals surface area (Å²) >= 11 is 0. The van der Waals surface area contributed by atoms with Gasteiger partial charge in [-0.1, -0.05) is 0 Å². The van der Waals surface area contributed by atoms with Crippen LogP contribution in [0.3, 0.4) is 0 Å². The van der Waals surface area contributed by atoms with E-state index in [9.17, 15) is 4.79 Å². The van der Waals surface area contributed by atoms with E-state index in [1.165, 1.54) is 11.1 Å². The van der Waals surface area contributed by atoms with Crippen LogP contribution in [-0.2, 0) is 17.6 Å². The van der Waals surface area contributed by atoms with Gasteiger partial charge in [-0.25, -0.2) is 0 Å². The van der Waals surface area contributed by atoms with Gasteiger partial charge in [-0.05, 0) is 36.1 Å². The Balaban J connectivity index is 2.24. The monoisotopic (exact) mass is 188 g/mol. The van der Waals surface area contributed by atoms with Crippen LogP contribution in [0.1, 0.15) is 17.5 Å². The average molecular weight is 188 g/mol. The third-order valence-corrected chi connectivity index (χ3v) is 3.07. The molecule has 0 aliphatic carbocycles. The second kappa shape index (κ2) is 2.50. The van der Waals surface area contributed by atoms with Gasteiger partial charge in [0, 0.05) is 18.7 Å². The molecule has 3 nitrogen and oxygen atoms in total. The highest BCUT2D eigenvalue weighted by Gasteiger charge is 2.30. The Morgan fingerprint density at radius 2 is 1.86 bits per heavy atom. The summed E-state index contributed by atoms with van der Waals surface area (Å²) in [6.45, 7) is 0.838. The van der Waals surface area contributed by atoms with E-state index in [0.717, 1.165) is 30.8 Å². The van der Waals surface area contributed by atoms with E-state index in [-0.39, 0.29) is 5.91 Å². The fourth-order valence-corrected chi connectivity index (χ4v) is 2.48. The molecule has 0 radical (unpaired) electrons. The minimum Gasteiger partial charge on any atom is -0.399 e. The summed E-state index contributed by atoms with van der Waals surface area (Å²) in [4.78, 5) is 13.5. The third-order valence-electron chi connectivity index (χ3n) is 3.07. The lowest BCUT2D eigenvalue weighted by Gasteiger charge is -2.25. The first-order valence-electron chi connectivity index (χ1n) is 4.97. The van der Waals surface area contributed by atoms with Gasteiger partial charge in [0.2, 0.25) is 5.91 Å². The quantitative estimate of drug-likeness (QED) is 0.620. The molecule has 1 aromatic rings. The number of rotatable bonds is 0. The largest absolute Gasteiger partial charge is 0.399 e. The Bertz CT molecular complexity index is 426. The zero-order valence-electron chi connectivity index (χ0n) is 7.92. The third kappa shape index (κ3) is 0.895. The van der Waals surface area contributed by atoms with Crippen molar-refractivity contribution in [1.29, 1.82) is 0 Å². The van der Waals surface area contributed by atoms with Gasteiger partial charge in [-0.3, -0.25) is 4.79 Å². The Morgan fingerprint density at radius 1 is 1.14 bits per heavy atom. The van der Waals surface area contributed by atoms with E-state index >= 15 is 0 Å². The second-order valence-electron chi connectivity index (χ2n) is 3.98. The number of aryl methyl sites for hydroxylation is 1. The van der Waals surface area contributed by atoms with Crippen molar-refractivity contribution in [3.05, 3.63) is 23.3 Å². The topological polar surface area (TPSA) is 46.3 Å². The van der Waals surface area contributed by atoms with Crippen LogP contribution in [0.15, 0.2) is 12.1 Å². The smallest absolute Gasteiger partial charge is 0.227 e. The fraction of sp³-hybridized carbons (Fsp3) is 0.364. The molecular formula is C11H12N2O. The van der Waals surface area contributed by atoms with E-state index in [0.29, 0.717) is 6.42 Å². The summed E-state index contributed by atoms with van der Waals surface area (Å²) < 4.78 is 0. The molecule has 2 aliphatic heterocycles. The molecule has 0 unspecified atom stereocenters. The SMILES string of the molecule is Nc1cc2c3c(c1)CCN3C(=O)CC2. The number of anilines is 2.